The van der Waals surface area contributed by atoms with E-state index in [4.69, 9.17) is 6.57 Å². The summed E-state index contributed by atoms with van der Waals surface area (Å²) in [7, 11) is 0. The third-order valence-corrected chi connectivity index (χ3v) is 7.33. The van der Waals surface area contributed by atoms with E-state index in [0.717, 1.165) is 18.2 Å². The van der Waals surface area contributed by atoms with Crippen LogP contribution in [-0.2, 0) is 12.4 Å². The van der Waals surface area contributed by atoms with Crippen LogP contribution in [0.15, 0.2) is 61.6 Å². The zero-order valence-electron chi connectivity index (χ0n) is 25.5. The van der Waals surface area contributed by atoms with Gasteiger partial charge in [0.1, 0.15) is 34.0 Å². The maximum absolute atomic E-state index is 15.3. The average Bonchev–Trinajstić information content (AvgIpc) is 3.71. The molecule has 0 atom stereocenters. The molecule has 53 heavy (non-hydrogen) atoms. The van der Waals surface area contributed by atoms with Crippen molar-refractivity contribution in [3.05, 3.63) is 126 Å². The number of nitrogens with zero attached hydrogens (tertiary/aromatic N) is 11. The van der Waals surface area contributed by atoms with Gasteiger partial charge in [0.15, 0.2) is 52.4 Å². The Labute approximate surface area is 286 Å². The van der Waals surface area contributed by atoms with E-state index in [0.29, 0.717) is 0 Å². The van der Waals surface area contributed by atoms with Gasteiger partial charge in [0, 0.05) is 5.56 Å². The van der Waals surface area contributed by atoms with Crippen LogP contribution in [0.3, 0.4) is 0 Å². The second-order valence-corrected chi connectivity index (χ2v) is 10.6. The summed E-state index contributed by atoms with van der Waals surface area (Å²) in [5, 5.41) is 27.9. The lowest BCUT2D eigenvalue weighted by Gasteiger charge is -2.14. The molecule has 0 aliphatic carbocycles. The molecular weight excluding hydrogens is 728 g/mol. The van der Waals surface area contributed by atoms with Crippen molar-refractivity contribution in [2.75, 3.05) is 0 Å². The minimum absolute atomic E-state index is 0.0749. The van der Waals surface area contributed by atoms with E-state index in [1.165, 1.54) is 19.1 Å². The van der Waals surface area contributed by atoms with Crippen molar-refractivity contribution in [3.8, 4) is 41.0 Å². The fraction of sp³-hybridized carbons (Fsp3) is 0.0938. The van der Waals surface area contributed by atoms with E-state index < -0.39 is 109 Å². The van der Waals surface area contributed by atoms with Gasteiger partial charge < -0.3 is 0 Å². The zero-order chi connectivity index (χ0) is 38.7. The molecule has 0 spiro atoms. The number of rotatable bonds is 3. The molecule has 0 unspecified atom stereocenters. The number of alkyl halides is 6. The molecule has 0 saturated heterocycles. The van der Waals surface area contributed by atoms with Gasteiger partial charge in [-0.1, -0.05) is 0 Å². The highest BCUT2D eigenvalue weighted by Gasteiger charge is 2.43. The van der Waals surface area contributed by atoms with Crippen molar-refractivity contribution < 1.29 is 43.9 Å². The van der Waals surface area contributed by atoms with Crippen LogP contribution in [-0.4, -0.2) is 15.0 Å². The molecule has 0 N–H and O–H groups in total. The fourth-order valence-corrected chi connectivity index (χ4v) is 5.09. The Bertz CT molecular complexity index is 2820. The molecule has 1 aromatic heterocycles. The topological polar surface area (TPSA) is 164 Å². The molecule has 3 aromatic carbocycles. The zero-order valence-corrected chi connectivity index (χ0v) is 25.5. The molecule has 11 nitrogen and oxygen atoms in total. The first kappa shape index (κ1) is 35.4. The Morgan fingerprint density at radius 2 is 1.34 bits per heavy atom. The van der Waals surface area contributed by atoms with Crippen LogP contribution in [0.4, 0.5) is 43.9 Å². The number of halogens is 10. The molecular formula is C32H7F10N11. The molecule has 260 valence electrons. The van der Waals surface area contributed by atoms with Crippen LogP contribution in [0.5, 0.6) is 0 Å². The molecule has 2 aliphatic rings. The summed E-state index contributed by atoms with van der Waals surface area (Å²) in [4.78, 5) is 30.0. The summed E-state index contributed by atoms with van der Waals surface area (Å²) in [5.74, 6) is -15.6. The normalized spacial score (nSPS) is 14.9. The van der Waals surface area contributed by atoms with E-state index >= 15 is 8.78 Å². The van der Waals surface area contributed by atoms with Crippen LogP contribution < -0.4 is 21.4 Å². The highest BCUT2D eigenvalue weighted by atomic mass is 19.4. The minimum atomic E-state index is -5.93. The highest BCUT2D eigenvalue weighted by Crippen LogP contribution is 2.40. The molecule has 3 heterocycles. The molecule has 0 fully saturated rings. The van der Waals surface area contributed by atoms with Gasteiger partial charge in [0.2, 0.25) is 0 Å². The maximum Gasteiger partial charge on any atom is 0.422 e. The third-order valence-electron chi connectivity index (χ3n) is 7.33. The first-order valence-electron chi connectivity index (χ1n) is 14.0. The average molecular weight is 735 g/mol. The Morgan fingerprint density at radius 3 is 1.91 bits per heavy atom. The number of hydrogen-bond acceptors (Lipinski definition) is 10. The lowest BCUT2D eigenvalue weighted by Crippen LogP contribution is -2.31. The Hall–Kier alpha value is -7.39. The standard InChI is InChI=1S/C32H7F10N11/c1-10-5-14(31(37,38)39)25-16(6-10)48-27(50-25)13(8-44)28-51-26(11-3-4-15-24(12(11)7-43)49-29(47-15)17(9-45)46-2)52-30(53-28)18-20(33)22(35)19(32(40,41)42)23(36)21(18)34/h3-6H,1H3/b27-13+,29-17+. The summed E-state index contributed by atoms with van der Waals surface area (Å²) < 4.78 is 142. The van der Waals surface area contributed by atoms with E-state index in [-0.39, 0.29) is 21.6 Å². The molecule has 6 rings (SSSR count). The number of aromatic nitrogens is 3. The predicted octanol–water partition coefficient (Wildman–Crippen LogP) is 4.99. The summed E-state index contributed by atoms with van der Waals surface area (Å²) in [6, 6.07) is 8.88. The molecule has 0 bridgehead atoms. The largest absolute Gasteiger partial charge is 0.422 e. The van der Waals surface area contributed by atoms with Crippen molar-refractivity contribution in [2.24, 2.45) is 20.0 Å². The van der Waals surface area contributed by atoms with Crippen LogP contribution in [0.25, 0.3) is 33.2 Å². The molecule has 4 aromatic rings. The molecule has 21 heteroatoms. The SMILES string of the molecule is [C-]#[N+]/C(C#N)=C1\N=c2ccc(-c3nc(/C(C#N)=C4\N=c5cc(C)cc(C(F)(F)F)c5=N4)nc(-c4c(F)c(F)c(C(F)(F)F)c(F)c4F)n3)c(C#N)c2=N1. The second-order valence-electron chi connectivity index (χ2n) is 10.6. The Balaban J connectivity index is 1.72. The van der Waals surface area contributed by atoms with Crippen LogP contribution >= 0.6 is 0 Å². The summed E-state index contributed by atoms with van der Waals surface area (Å²) in [5.41, 5.74) is -8.51. The number of aryl methyl sites for hydroxylation is 1. The predicted molar refractivity (Wildman–Crippen MR) is 153 cm³/mol. The summed E-state index contributed by atoms with van der Waals surface area (Å²) in [6.45, 7) is 8.43. The van der Waals surface area contributed by atoms with E-state index in [9.17, 15) is 50.9 Å². The molecule has 0 saturated carbocycles. The molecule has 0 radical (unpaired) electrons. The first-order chi connectivity index (χ1) is 24.9. The number of hydrogen-bond donors (Lipinski definition) is 0. The van der Waals surface area contributed by atoms with Gasteiger partial charge in [-0.05, 0) is 36.8 Å². The summed E-state index contributed by atoms with van der Waals surface area (Å²) in [6.07, 6.45) is -10.9. The fourth-order valence-electron chi connectivity index (χ4n) is 5.09. The van der Waals surface area contributed by atoms with Crippen LogP contribution in [0.1, 0.15) is 28.1 Å². The quantitative estimate of drug-likeness (QED) is 0.125. The van der Waals surface area contributed by atoms with Gasteiger partial charge in [-0.25, -0.2) is 62.6 Å². The second kappa shape index (κ2) is 12.4. The third kappa shape index (κ3) is 5.86. The van der Waals surface area contributed by atoms with Gasteiger partial charge in [-0.3, -0.25) is 0 Å². The van der Waals surface area contributed by atoms with Crippen molar-refractivity contribution in [1.82, 2.24) is 15.0 Å². The van der Waals surface area contributed by atoms with Crippen molar-refractivity contribution in [2.45, 2.75) is 19.3 Å². The lowest BCUT2D eigenvalue weighted by atomic mass is 10.0. The van der Waals surface area contributed by atoms with Crippen LogP contribution in [0.2, 0.25) is 0 Å². The van der Waals surface area contributed by atoms with E-state index in [2.05, 4.69) is 39.8 Å². The van der Waals surface area contributed by atoms with E-state index in [1.54, 1.807) is 12.1 Å². The highest BCUT2D eigenvalue weighted by molar-refractivity contribution is 5.78. The lowest BCUT2D eigenvalue weighted by molar-refractivity contribution is -0.143. The Morgan fingerprint density at radius 1 is 0.717 bits per heavy atom. The van der Waals surface area contributed by atoms with Crippen molar-refractivity contribution in [3.63, 3.8) is 0 Å². The smallest absolute Gasteiger partial charge is 0.238 e. The maximum atomic E-state index is 15.3. The van der Waals surface area contributed by atoms with Crippen molar-refractivity contribution in [1.29, 1.82) is 15.8 Å². The first-order valence-corrected chi connectivity index (χ1v) is 14.0. The van der Waals surface area contributed by atoms with Gasteiger partial charge in [-0.15, -0.1) is 0 Å². The van der Waals surface area contributed by atoms with E-state index in [1.807, 2.05) is 0 Å². The van der Waals surface area contributed by atoms with Gasteiger partial charge in [0.25, 0.3) is 0 Å². The van der Waals surface area contributed by atoms with Gasteiger partial charge in [-0.2, -0.15) is 36.9 Å². The van der Waals surface area contributed by atoms with Gasteiger partial charge >= 0.3 is 18.0 Å². The number of nitriles is 3. The number of allylic oxidation sites excluding steroid dienone is 2. The van der Waals surface area contributed by atoms with Gasteiger partial charge in [0.05, 0.1) is 40.0 Å². The number of fused-ring (bicyclic) bond motifs is 2. The minimum Gasteiger partial charge on any atom is -0.238 e. The van der Waals surface area contributed by atoms with Crippen molar-refractivity contribution >= 4 is 5.57 Å². The summed E-state index contributed by atoms with van der Waals surface area (Å²) >= 11 is 0. The molecule has 0 amide bonds. The number of benzene rings is 3. The van der Waals surface area contributed by atoms with Crippen LogP contribution in [0, 0.1) is 70.8 Å². The Kier molecular flexibility index (Phi) is 8.31. The monoisotopic (exact) mass is 735 g/mol. The molecule has 2 aliphatic heterocycles.